The van der Waals surface area contributed by atoms with Gasteiger partial charge in [-0.25, -0.2) is 8.42 Å². The maximum Gasteiger partial charge on any atom is 0.245 e. The van der Waals surface area contributed by atoms with Crippen molar-refractivity contribution in [1.82, 2.24) is 4.72 Å². The van der Waals surface area contributed by atoms with Gasteiger partial charge >= 0.3 is 0 Å². The van der Waals surface area contributed by atoms with Gasteiger partial charge in [-0.05, 0) is 13.0 Å². The summed E-state index contributed by atoms with van der Waals surface area (Å²) in [4.78, 5) is -0.0355. The molecule has 1 heterocycles. The molecule has 0 saturated heterocycles. The Balaban J connectivity index is 2.86. The zero-order valence-corrected chi connectivity index (χ0v) is 8.85. The monoisotopic (exact) mass is 233 g/mol. The van der Waals surface area contributed by atoms with Crippen LogP contribution in [-0.4, -0.2) is 13.5 Å². The second-order valence-electron chi connectivity index (χ2n) is 3.29. The summed E-state index contributed by atoms with van der Waals surface area (Å²) < 4.78 is 25.2. The standard InChI is InChI=1S/C8H8ClNO3S/c1-8(11)5-3-2-4-6(9)7(5)14(12,13)10-8/h2-4,10-11H,1H3. The van der Waals surface area contributed by atoms with Gasteiger partial charge < -0.3 is 5.11 Å². The summed E-state index contributed by atoms with van der Waals surface area (Å²) in [5.41, 5.74) is -1.29. The van der Waals surface area contributed by atoms with E-state index in [1.807, 2.05) is 0 Å². The van der Waals surface area contributed by atoms with Crippen LogP contribution in [0.5, 0.6) is 0 Å². The number of hydrogen-bond donors (Lipinski definition) is 2. The Labute approximate surface area is 86.6 Å². The summed E-state index contributed by atoms with van der Waals surface area (Å²) in [6.45, 7) is 1.37. The van der Waals surface area contributed by atoms with E-state index in [1.165, 1.54) is 19.1 Å². The molecule has 1 aromatic rings. The molecule has 0 spiro atoms. The number of rotatable bonds is 0. The van der Waals surface area contributed by atoms with E-state index in [2.05, 4.69) is 4.72 Å². The average molecular weight is 234 g/mol. The van der Waals surface area contributed by atoms with Gasteiger partial charge in [-0.2, -0.15) is 4.72 Å². The summed E-state index contributed by atoms with van der Waals surface area (Å²) >= 11 is 5.75. The fraction of sp³-hybridized carbons (Fsp3) is 0.250. The molecule has 1 aliphatic heterocycles. The first-order valence-electron chi connectivity index (χ1n) is 3.90. The van der Waals surface area contributed by atoms with E-state index in [0.29, 0.717) is 0 Å². The largest absolute Gasteiger partial charge is 0.371 e. The third-order valence-electron chi connectivity index (χ3n) is 2.09. The number of nitrogens with one attached hydrogen (secondary N) is 1. The molecule has 1 atom stereocenters. The van der Waals surface area contributed by atoms with Gasteiger partial charge in [0.1, 0.15) is 4.90 Å². The highest BCUT2D eigenvalue weighted by Gasteiger charge is 2.43. The number of aliphatic hydroxyl groups is 1. The zero-order chi connectivity index (χ0) is 10.6. The van der Waals surface area contributed by atoms with Crippen molar-refractivity contribution < 1.29 is 13.5 Å². The van der Waals surface area contributed by atoms with Crippen molar-refractivity contribution in [2.45, 2.75) is 17.5 Å². The molecule has 0 saturated carbocycles. The topological polar surface area (TPSA) is 66.4 Å². The highest BCUT2D eigenvalue weighted by molar-refractivity contribution is 7.90. The number of hydrogen-bond acceptors (Lipinski definition) is 3. The Bertz CT molecular complexity index is 495. The number of halogens is 1. The third kappa shape index (κ3) is 1.25. The zero-order valence-electron chi connectivity index (χ0n) is 7.28. The summed E-state index contributed by atoms with van der Waals surface area (Å²) in [6.07, 6.45) is 0. The van der Waals surface area contributed by atoms with Crippen molar-refractivity contribution >= 4 is 21.6 Å². The molecule has 2 N–H and O–H groups in total. The fourth-order valence-corrected chi connectivity index (χ4v) is 3.63. The van der Waals surface area contributed by atoms with Gasteiger partial charge in [0.25, 0.3) is 0 Å². The lowest BCUT2D eigenvalue weighted by molar-refractivity contribution is 0.0489. The van der Waals surface area contributed by atoms with Crippen LogP contribution in [0.15, 0.2) is 23.1 Å². The van der Waals surface area contributed by atoms with Crippen molar-refractivity contribution in [3.63, 3.8) is 0 Å². The highest BCUT2D eigenvalue weighted by atomic mass is 35.5. The maximum atomic E-state index is 11.5. The molecule has 1 aromatic carbocycles. The lowest BCUT2D eigenvalue weighted by Crippen LogP contribution is -2.35. The molecule has 14 heavy (non-hydrogen) atoms. The smallest absolute Gasteiger partial charge is 0.245 e. The summed E-state index contributed by atoms with van der Waals surface area (Å²) in [5.74, 6) is 0. The molecule has 0 amide bonds. The van der Waals surface area contributed by atoms with Gasteiger partial charge in [0, 0.05) is 5.56 Å². The van der Waals surface area contributed by atoms with Gasteiger partial charge in [-0.1, -0.05) is 23.7 Å². The van der Waals surface area contributed by atoms with Crippen LogP contribution in [0.4, 0.5) is 0 Å². The first kappa shape index (κ1) is 9.92. The quantitative estimate of drug-likeness (QED) is 0.697. The molecular formula is C8H8ClNO3S. The third-order valence-corrected chi connectivity index (χ3v) is 4.16. The van der Waals surface area contributed by atoms with Gasteiger partial charge in [0.2, 0.25) is 10.0 Å². The van der Waals surface area contributed by atoms with Crippen LogP contribution in [0.2, 0.25) is 5.02 Å². The van der Waals surface area contributed by atoms with Crippen LogP contribution in [0.1, 0.15) is 12.5 Å². The fourth-order valence-electron chi connectivity index (χ4n) is 1.53. The van der Waals surface area contributed by atoms with E-state index in [1.54, 1.807) is 6.07 Å². The first-order valence-corrected chi connectivity index (χ1v) is 5.76. The molecule has 2 rings (SSSR count). The van der Waals surface area contributed by atoms with E-state index in [4.69, 9.17) is 11.6 Å². The molecule has 0 aliphatic carbocycles. The Morgan fingerprint density at radius 2 is 2.14 bits per heavy atom. The lowest BCUT2D eigenvalue weighted by Gasteiger charge is -2.15. The van der Waals surface area contributed by atoms with Gasteiger partial charge in [0.15, 0.2) is 5.72 Å². The molecule has 4 nitrogen and oxygen atoms in total. The average Bonchev–Trinajstić information content (AvgIpc) is 2.18. The predicted octanol–water partition coefficient (Wildman–Crippen LogP) is 0.797. The van der Waals surface area contributed by atoms with Crippen molar-refractivity contribution in [3.05, 3.63) is 28.8 Å². The van der Waals surface area contributed by atoms with Crippen molar-refractivity contribution in [2.24, 2.45) is 0 Å². The Kier molecular flexibility index (Phi) is 1.91. The van der Waals surface area contributed by atoms with Gasteiger partial charge in [-0.3, -0.25) is 0 Å². The van der Waals surface area contributed by atoms with Crippen LogP contribution in [0.25, 0.3) is 0 Å². The summed E-state index contributed by atoms with van der Waals surface area (Å²) in [7, 11) is -3.68. The summed E-state index contributed by atoms with van der Waals surface area (Å²) in [6, 6.07) is 4.60. The first-order chi connectivity index (χ1) is 6.34. The van der Waals surface area contributed by atoms with Crippen molar-refractivity contribution in [2.75, 3.05) is 0 Å². The van der Waals surface area contributed by atoms with E-state index in [-0.39, 0.29) is 15.5 Å². The Hall–Kier alpha value is -0.620. The molecule has 0 bridgehead atoms. The molecule has 1 aliphatic rings. The number of benzene rings is 1. The van der Waals surface area contributed by atoms with Crippen LogP contribution in [0, 0.1) is 0 Å². The van der Waals surface area contributed by atoms with E-state index >= 15 is 0 Å². The molecule has 0 aromatic heterocycles. The SMILES string of the molecule is CC1(O)NS(=O)(=O)c2c(Cl)cccc21. The molecule has 0 radical (unpaired) electrons. The molecule has 0 fully saturated rings. The Morgan fingerprint density at radius 1 is 1.50 bits per heavy atom. The van der Waals surface area contributed by atoms with Gasteiger partial charge in [0.05, 0.1) is 5.02 Å². The van der Waals surface area contributed by atoms with E-state index in [9.17, 15) is 13.5 Å². The molecule has 1 unspecified atom stereocenters. The van der Waals surface area contributed by atoms with Crippen molar-refractivity contribution in [3.8, 4) is 0 Å². The van der Waals surface area contributed by atoms with E-state index < -0.39 is 15.7 Å². The number of sulfonamides is 1. The van der Waals surface area contributed by atoms with Crippen LogP contribution in [-0.2, 0) is 15.7 Å². The maximum absolute atomic E-state index is 11.5. The van der Waals surface area contributed by atoms with Gasteiger partial charge in [-0.15, -0.1) is 0 Å². The molecule has 76 valence electrons. The van der Waals surface area contributed by atoms with E-state index in [0.717, 1.165) is 0 Å². The minimum absolute atomic E-state index is 0.0355. The minimum atomic E-state index is -3.68. The number of fused-ring (bicyclic) bond motifs is 1. The normalized spacial score (nSPS) is 28.8. The Morgan fingerprint density at radius 3 is 2.71 bits per heavy atom. The second-order valence-corrected chi connectivity index (χ2v) is 5.32. The molecule has 6 heteroatoms. The van der Waals surface area contributed by atoms with Crippen LogP contribution < -0.4 is 4.72 Å². The predicted molar refractivity (Wildman–Crippen MR) is 51.3 cm³/mol. The highest BCUT2D eigenvalue weighted by Crippen LogP contribution is 2.37. The van der Waals surface area contributed by atoms with Crippen LogP contribution >= 0.6 is 11.6 Å². The van der Waals surface area contributed by atoms with Crippen LogP contribution in [0.3, 0.4) is 0 Å². The second kappa shape index (κ2) is 2.70. The van der Waals surface area contributed by atoms with Crippen molar-refractivity contribution in [1.29, 1.82) is 0 Å². The molecular weight excluding hydrogens is 226 g/mol. The summed E-state index contributed by atoms with van der Waals surface area (Å²) in [5, 5.41) is 9.88. The minimum Gasteiger partial charge on any atom is -0.371 e. The lowest BCUT2D eigenvalue weighted by atomic mass is 10.1.